The first kappa shape index (κ1) is 13.8. The lowest BCUT2D eigenvalue weighted by Gasteiger charge is -2.15. The van der Waals surface area contributed by atoms with E-state index >= 15 is 0 Å². The van der Waals surface area contributed by atoms with Gasteiger partial charge in [0, 0.05) is 4.88 Å². The molecular weight excluding hydrogens is 328 g/mol. The average molecular weight is 345 g/mol. The van der Waals surface area contributed by atoms with Crippen LogP contribution in [-0.4, -0.2) is 0 Å². The molecule has 1 heterocycles. The molecule has 1 atom stereocenters. The first-order valence-electron chi connectivity index (χ1n) is 6.91. The van der Waals surface area contributed by atoms with Crippen LogP contribution in [0.15, 0.2) is 47.8 Å². The summed E-state index contributed by atoms with van der Waals surface area (Å²) in [6.45, 7) is 4.40. The van der Waals surface area contributed by atoms with Gasteiger partial charge in [-0.1, -0.05) is 59.3 Å². The normalized spacial score (nSPS) is 12.8. The third kappa shape index (κ3) is 2.32. The van der Waals surface area contributed by atoms with Crippen LogP contribution < -0.4 is 0 Å². The molecule has 0 aliphatic carbocycles. The van der Waals surface area contributed by atoms with Gasteiger partial charge in [-0.3, -0.25) is 0 Å². The molecule has 3 aromatic rings. The minimum atomic E-state index is 0.281. The highest BCUT2D eigenvalue weighted by molar-refractivity contribution is 9.09. The van der Waals surface area contributed by atoms with Crippen LogP contribution in [0.4, 0.5) is 0 Å². The second-order valence-corrected chi connectivity index (χ2v) is 6.91. The maximum atomic E-state index is 3.92. The molecule has 20 heavy (non-hydrogen) atoms. The Kier molecular flexibility index (Phi) is 3.95. The minimum Gasteiger partial charge on any atom is -0.147 e. The van der Waals surface area contributed by atoms with E-state index in [-0.39, 0.29) is 4.83 Å². The zero-order valence-corrected chi connectivity index (χ0v) is 14.1. The predicted molar refractivity (Wildman–Crippen MR) is 93.2 cm³/mol. The number of alkyl halides is 1. The Morgan fingerprint density at radius 3 is 2.55 bits per heavy atom. The summed E-state index contributed by atoms with van der Waals surface area (Å²) in [6.07, 6.45) is 1.09. The summed E-state index contributed by atoms with van der Waals surface area (Å²) in [5.74, 6) is 0. The predicted octanol–water partition coefficient (Wildman–Crippen LogP) is 6.26. The number of hydrogen-bond donors (Lipinski definition) is 0. The topological polar surface area (TPSA) is 0 Å². The Morgan fingerprint density at radius 1 is 1.05 bits per heavy atom. The third-order valence-corrected chi connectivity index (χ3v) is 6.12. The van der Waals surface area contributed by atoms with Crippen LogP contribution in [-0.2, 0) is 6.42 Å². The molecule has 0 spiro atoms. The molecule has 0 saturated heterocycles. The highest BCUT2D eigenvalue weighted by Crippen LogP contribution is 2.40. The van der Waals surface area contributed by atoms with Crippen molar-refractivity contribution in [2.45, 2.75) is 25.1 Å². The summed E-state index contributed by atoms with van der Waals surface area (Å²) in [4.78, 5) is 1.71. The number of benzene rings is 2. The van der Waals surface area contributed by atoms with Crippen molar-refractivity contribution in [2.24, 2.45) is 0 Å². The van der Waals surface area contributed by atoms with E-state index in [2.05, 4.69) is 77.6 Å². The van der Waals surface area contributed by atoms with Crippen LogP contribution in [0.3, 0.4) is 0 Å². The number of hydrogen-bond acceptors (Lipinski definition) is 1. The molecule has 0 aliphatic heterocycles. The van der Waals surface area contributed by atoms with Crippen molar-refractivity contribution in [2.75, 3.05) is 0 Å². The van der Waals surface area contributed by atoms with Crippen molar-refractivity contribution >= 4 is 38.0 Å². The first-order chi connectivity index (χ1) is 9.72. The van der Waals surface area contributed by atoms with Crippen LogP contribution in [0.1, 0.15) is 33.3 Å². The van der Waals surface area contributed by atoms with Gasteiger partial charge in [0.2, 0.25) is 0 Å². The molecule has 0 N–H and O–H groups in total. The maximum Gasteiger partial charge on any atom is 0.0746 e. The van der Waals surface area contributed by atoms with E-state index in [1.54, 1.807) is 0 Å². The number of fused-ring (bicyclic) bond motifs is 1. The molecule has 0 amide bonds. The SMILES string of the molecule is CCc1ccsc1C(Br)c1ccc(C)c2ccccc12. The lowest BCUT2D eigenvalue weighted by Crippen LogP contribution is -1.95. The number of thiophene rings is 1. The maximum absolute atomic E-state index is 3.92. The minimum absolute atomic E-state index is 0.281. The fourth-order valence-electron chi connectivity index (χ4n) is 2.70. The van der Waals surface area contributed by atoms with Gasteiger partial charge in [0.1, 0.15) is 0 Å². The molecule has 3 rings (SSSR count). The summed E-state index contributed by atoms with van der Waals surface area (Å²) in [5, 5.41) is 4.90. The molecule has 2 aromatic carbocycles. The van der Waals surface area contributed by atoms with E-state index in [1.807, 2.05) is 11.3 Å². The quantitative estimate of drug-likeness (QED) is 0.492. The molecule has 2 heteroatoms. The smallest absolute Gasteiger partial charge is 0.0746 e. The van der Waals surface area contributed by atoms with Gasteiger partial charge in [0.15, 0.2) is 0 Å². The number of aryl methyl sites for hydroxylation is 2. The number of halogens is 1. The van der Waals surface area contributed by atoms with Crippen molar-refractivity contribution in [1.29, 1.82) is 0 Å². The fourth-order valence-corrected chi connectivity index (χ4v) is 4.70. The molecule has 0 aliphatic rings. The highest BCUT2D eigenvalue weighted by Gasteiger charge is 2.17. The van der Waals surface area contributed by atoms with Crippen LogP contribution in [0.2, 0.25) is 0 Å². The molecular formula is C18H17BrS. The number of rotatable bonds is 3. The molecule has 0 bridgehead atoms. The molecule has 0 radical (unpaired) electrons. The zero-order valence-electron chi connectivity index (χ0n) is 11.7. The second kappa shape index (κ2) is 5.71. The average Bonchev–Trinajstić information content (AvgIpc) is 2.96. The summed E-state index contributed by atoms with van der Waals surface area (Å²) < 4.78 is 0. The summed E-state index contributed by atoms with van der Waals surface area (Å²) in [5.41, 5.74) is 4.15. The van der Waals surface area contributed by atoms with Crippen LogP contribution >= 0.6 is 27.3 Å². The van der Waals surface area contributed by atoms with Gasteiger partial charge in [-0.2, -0.15) is 0 Å². The summed E-state index contributed by atoms with van der Waals surface area (Å²) in [6, 6.07) is 15.4. The van der Waals surface area contributed by atoms with Crippen LogP contribution in [0.25, 0.3) is 10.8 Å². The monoisotopic (exact) mass is 344 g/mol. The second-order valence-electron chi connectivity index (χ2n) is 5.04. The van der Waals surface area contributed by atoms with Gasteiger partial charge in [0.25, 0.3) is 0 Å². The van der Waals surface area contributed by atoms with Gasteiger partial charge in [-0.05, 0) is 52.3 Å². The van der Waals surface area contributed by atoms with Gasteiger partial charge in [-0.25, -0.2) is 0 Å². The van der Waals surface area contributed by atoms with E-state index < -0.39 is 0 Å². The Labute approximate surface area is 132 Å². The highest BCUT2D eigenvalue weighted by atomic mass is 79.9. The third-order valence-electron chi connectivity index (χ3n) is 3.84. The van der Waals surface area contributed by atoms with E-state index in [1.165, 1.54) is 32.3 Å². The van der Waals surface area contributed by atoms with Crippen molar-refractivity contribution < 1.29 is 0 Å². The Balaban J connectivity index is 2.17. The Morgan fingerprint density at radius 2 is 1.80 bits per heavy atom. The van der Waals surface area contributed by atoms with Gasteiger partial charge < -0.3 is 0 Å². The first-order valence-corrected chi connectivity index (χ1v) is 8.70. The Hall–Kier alpha value is -1.12. The van der Waals surface area contributed by atoms with Gasteiger partial charge >= 0.3 is 0 Å². The summed E-state index contributed by atoms with van der Waals surface area (Å²) >= 11 is 5.76. The van der Waals surface area contributed by atoms with Crippen molar-refractivity contribution in [3.8, 4) is 0 Å². The molecule has 0 fully saturated rings. The lowest BCUT2D eigenvalue weighted by atomic mass is 9.97. The van der Waals surface area contributed by atoms with Gasteiger partial charge in [0.05, 0.1) is 4.83 Å². The standard InChI is InChI=1S/C18H17BrS/c1-3-13-10-11-20-18(13)17(19)16-9-8-12(2)14-6-4-5-7-15(14)16/h4-11,17H,3H2,1-2H3. The van der Waals surface area contributed by atoms with Crippen LogP contribution in [0.5, 0.6) is 0 Å². The molecule has 102 valence electrons. The molecule has 1 unspecified atom stereocenters. The molecule has 0 nitrogen and oxygen atoms in total. The largest absolute Gasteiger partial charge is 0.147 e. The van der Waals surface area contributed by atoms with E-state index in [4.69, 9.17) is 0 Å². The zero-order chi connectivity index (χ0) is 14.1. The van der Waals surface area contributed by atoms with Crippen molar-refractivity contribution in [1.82, 2.24) is 0 Å². The fraction of sp³-hybridized carbons (Fsp3) is 0.222. The van der Waals surface area contributed by atoms with E-state index in [0.29, 0.717) is 0 Å². The molecule has 1 aromatic heterocycles. The van der Waals surface area contributed by atoms with Gasteiger partial charge in [-0.15, -0.1) is 11.3 Å². The van der Waals surface area contributed by atoms with E-state index in [9.17, 15) is 0 Å². The lowest BCUT2D eigenvalue weighted by molar-refractivity contribution is 1.09. The van der Waals surface area contributed by atoms with Crippen molar-refractivity contribution in [3.05, 3.63) is 69.4 Å². The van der Waals surface area contributed by atoms with Crippen LogP contribution in [0, 0.1) is 6.92 Å². The van der Waals surface area contributed by atoms with E-state index in [0.717, 1.165) is 6.42 Å². The Bertz CT molecular complexity index is 742. The van der Waals surface area contributed by atoms with Crippen molar-refractivity contribution in [3.63, 3.8) is 0 Å². The molecule has 0 saturated carbocycles. The summed E-state index contributed by atoms with van der Waals surface area (Å²) in [7, 11) is 0.